The van der Waals surface area contributed by atoms with Gasteiger partial charge in [-0.1, -0.05) is 12.1 Å². The second kappa shape index (κ2) is 5.03. The standard InChI is InChI=1S/C14H12F4N2/c1-8-3-2-4-10(15)13(8)20-12-6-5-9(7-11(12)19)14(16,17)18/h2-7,20H,19H2,1H3. The summed E-state index contributed by atoms with van der Waals surface area (Å²) in [6.07, 6.45) is -4.46. The van der Waals surface area contributed by atoms with Crippen LogP contribution in [0, 0.1) is 12.7 Å². The Morgan fingerprint density at radius 1 is 1.10 bits per heavy atom. The summed E-state index contributed by atoms with van der Waals surface area (Å²) in [5.74, 6) is -0.496. The Morgan fingerprint density at radius 3 is 2.35 bits per heavy atom. The van der Waals surface area contributed by atoms with Gasteiger partial charge in [-0.2, -0.15) is 13.2 Å². The van der Waals surface area contributed by atoms with Crippen molar-refractivity contribution in [2.24, 2.45) is 0 Å². The molecule has 0 unspecified atom stereocenters. The zero-order valence-corrected chi connectivity index (χ0v) is 10.6. The molecule has 6 heteroatoms. The molecule has 2 aromatic rings. The lowest BCUT2D eigenvalue weighted by molar-refractivity contribution is -0.137. The highest BCUT2D eigenvalue weighted by Crippen LogP contribution is 2.34. The van der Waals surface area contributed by atoms with Crippen molar-refractivity contribution in [2.75, 3.05) is 11.1 Å². The van der Waals surface area contributed by atoms with E-state index < -0.39 is 17.6 Å². The van der Waals surface area contributed by atoms with Gasteiger partial charge in [-0.25, -0.2) is 4.39 Å². The summed E-state index contributed by atoms with van der Waals surface area (Å²) in [6.45, 7) is 1.69. The van der Waals surface area contributed by atoms with Crippen molar-refractivity contribution in [3.63, 3.8) is 0 Å². The van der Waals surface area contributed by atoms with Crippen LogP contribution in [0.3, 0.4) is 0 Å². The Balaban J connectivity index is 2.36. The van der Waals surface area contributed by atoms with E-state index in [-0.39, 0.29) is 17.1 Å². The third-order valence-electron chi connectivity index (χ3n) is 2.86. The van der Waals surface area contributed by atoms with Gasteiger partial charge in [0.2, 0.25) is 0 Å². The number of nitrogens with two attached hydrogens (primary N) is 1. The van der Waals surface area contributed by atoms with Crippen LogP contribution in [-0.2, 0) is 6.18 Å². The number of hydrogen-bond donors (Lipinski definition) is 2. The molecule has 2 rings (SSSR count). The van der Waals surface area contributed by atoms with Gasteiger partial charge in [-0.05, 0) is 36.8 Å². The predicted molar refractivity (Wildman–Crippen MR) is 70.3 cm³/mol. The Kier molecular flexibility index (Phi) is 3.57. The molecule has 0 bridgehead atoms. The summed E-state index contributed by atoms with van der Waals surface area (Å²) in [5.41, 5.74) is 5.69. The van der Waals surface area contributed by atoms with Gasteiger partial charge in [-0.15, -0.1) is 0 Å². The van der Waals surface area contributed by atoms with Crippen molar-refractivity contribution < 1.29 is 17.6 Å². The molecule has 0 atom stereocenters. The summed E-state index contributed by atoms with van der Waals surface area (Å²) in [5, 5.41) is 2.72. The minimum absolute atomic E-state index is 0.0949. The Labute approximate surface area is 113 Å². The molecule has 0 spiro atoms. The smallest absolute Gasteiger partial charge is 0.397 e. The Hall–Kier alpha value is -2.24. The van der Waals surface area contributed by atoms with Crippen LogP contribution in [-0.4, -0.2) is 0 Å². The summed E-state index contributed by atoms with van der Waals surface area (Å²) in [6, 6.07) is 7.39. The van der Waals surface area contributed by atoms with E-state index in [0.717, 1.165) is 12.1 Å². The summed E-state index contributed by atoms with van der Waals surface area (Å²) in [7, 11) is 0. The van der Waals surface area contributed by atoms with Crippen LogP contribution in [0.25, 0.3) is 0 Å². The number of alkyl halides is 3. The Morgan fingerprint density at radius 2 is 1.80 bits per heavy atom. The van der Waals surface area contributed by atoms with E-state index in [0.29, 0.717) is 5.56 Å². The minimum atomic E-state index is -4.46. The van der Waals surface area contributed by atoms with Gasteiger partial charge in [0.25, 0.3) is 0 Å². The molecule has 0 radical (unpaired) electrons. The van der Waals surface area contributed by atoms with Gasteiger partial charge in [0, 0.05) is 0 Å². The number of para-hydroxylation sites is 1. The second-order valence-electron chi connectivity index (χ2n) is 4.36. The SMILES string of the molecule is Cc1cccc(F)c1Nc1ccc(C(F)(F)F)cc1N. The van der Waals surface area contributed by atoms with Crippen LogP contribution in [0.5, 0.6) is 0 Å². The number of nitrogen functional groups attached to an aromatic ring is 1. The number of nitrogens with one attached hydrogen (secondary N) is 1. The van der Waals surface area contributed by atoms with Crippen LogP contribution in [0.1, 0.15) is 11.1 Å². The van der Waals surface area contributed by atoms with E-state index in [2.05, 4.69) is 5.32 Å². The van der Waals surface area contributed by atoms with Crippen molar-refractivity contribution in [3.05, 3.63) is 53.3 Å². The molecular formula is C14H12F4N2. The fourth-order valence-electron chi connectivity index (χ4n) is 1.78. The lowest BCUT2D eigenvalue weighted by atomic mass is 10.1. The molecule has 0 fully saturated rings. The molecule has 0 heterocycles. The van der Waals surface area contributed by atoms with Gasteiger partial charge < -0.3 is 11.1 Å². The zero-order chi connectivity index (χ0) is 14.9. The predicted octanol–water partition coefficient (Wildman–Crippen LogP) is 4.48. The lowest BCUT2D eigenvalue weighted by Gasteiger charge is -2.14. The van der Waals surface area contributed by atoms with Gasteiger partial charge in [0.15, 0.2) is 0 Å². The van der Waals surface area contributed by atoms with Crippen LogP contribution in [0.15, 0.2) is 36.4 Å². The highest BCUT2D eigenvalue weighted by Gasteiger charge is 2.30. The fraction of sp³-hybridized carbons (Fsp3) is 0.143. The van der Waals surface area contributed by atoms with Crippen molar-refractivity contribution in [2.45, 2.75) is 13.1 Å². The van der Waals surface area contributed by atoms with Crippen molar-refractivity contribution in [3.8, 4) is 0 Å². The molecule has 0 aliphatic rings. The zero-order valence-electron chi connectivity index (χ0n) is 10.6. The van der Waals surface area contributed by atoms with Gasteiger partial charge in [-0.3, -0.25) is 0 Å². The molecular weight excluding hydrogens is 272 g/mol. The van der Waals surface area contributed by atoms with E-state index in [1.165, 1.54) is 12.1 Å². The van der Waals surface area contributed by atoms with E-state index >= 15 is 0 Å². The first-order chi connectivity index (χ1) is 9.29. The maximum absolute atomic E-state index is 13.7. The summed E-state index contributed by atoms with van der Waals surface area (Å²) < 4.78 is 51.2. The van der Waals surface area contributed by atoms with Gasteiger partial charge >= 0.3 is 6.18 Å². The highest BCUT2D eigenvalue weighted by atomic mass is 19.4. The molecule has 0 aromatic heterocycles. The number of hydrogen-bond acceptors (Lipinski definition) is 2. The first kappa shape index (κ1) is 14.2. The second-order valence-corrected chi connectivity index (χ2v) is 4.36. The number of benzene rings is 2. The summed E-state index contributed by atoms with van der Waals surface area (Å²) >= 11 is 0. The molecule has 0 aliphatic heterocycles. The largest absolute Gasteiger partial charge is 0.416 e. The van der Waals surface area contributed by atoms with Crippen LogP contribution in [0.2, 0.25) is 0 Å². The maximum atomic E-state index is 13.7. The van der Waals surface area contributed by atoms with Gasteiger partial charge in [0.05, 0.1) is 22.6 Å². The van der Waals surface area contributed by atoms with Crippen LogP contribution >= 0.6 is 0 Å². The number of aryl methyl sites for hydroxylation is 1. The van der Waals surface area contributed by atoms with Crippen molar-refractivity contribution in [1.29, 1.82) is 0 Å². The van der Waals surface area contributed by atoms with E-state index in [4.69, 9.17) is 5.73 Å². The third-order valence-corrected chi connectivity index (χ3v) is 2.86. The third kappa shape index (κ3) is 2.84. The van der Waals surface area contributed by atoms with Crippen molar-refractivity contribution in [1.82, 2.24) is 0 Å². The average Bonchev–Trinajstić information content (AvgIpc) is 2.34. The topological polar surface area (TPSA) is 38.0 Å². The van der Waals surface area contributed by atoms with Crippen LogP contribution < -0.4 is 11.1 Å². The monoisotopic (exact) mass is 284 g/mol. The molecule has 0 aliphatic carbocycles. The molecule has 3 N–H and O–H groups in total. The minimum Gasteiger partial charge on any atom is -0.397 e. The maximum Gasteiger partial charge on any atom is 0.416 e. The molecule has 106 valence electrons. The number of halogens is 4. The van der Waals surface area contributed by atoms with Crippen LogP contribution in [0.4, 0.5) is 34.6 Å². The fourth-order valence-corrected chi connectivity index (χ4v) is 1.78. The van der Waals surface area contributed by atoms with Gasteiger partial charge in [0.1, 0.15) is 5.82 Å². The normalized spacial score (nSPS) is 11.4. The molecule has 20 heavy (non-hydrogen) atoms. The summed E-state index contributed by atoms with van der Waals surface area (Å²) in [4.78, 5) is 0. The van der Waals surface area contributed by atoms with E-state index in [1.807, 2.05) is 0 Å². The van der Waals surface area contributed by atoms with E-state index in [9.17, 15) is 17.6 Å². The highest BCUT2D eigenvalue weighted by molar-refractivity contribution is 5.74. The Bertz CT molecular complexity index is 615. The lowest BCUT2D eigenvalue weighted by Crippen LogP contribution is -2.07. The molecule has 0 saturated carbocycles. The number of anilines is 3. The van der Waals surface area contributed by atoms with Crippen molar-refractivity contribution >= 4 is 17.1 Å². The molecule has 0 saturated heterocycles. The first-order valence-electron chi connectivity index (χ1n) is 5.78. The first-order valence-corrected chi connectivity index (χ1v) is 5.78. The molecule has 0 amide bonds. The quantitative estimate of drug-likeness (QED) is 0.630. The number of rotatable bonds is 2. The average molecular weight is 284 g/mol. The molecule has 2 aromatic carbocycles. The van der Waals surface area contributed by atoms with E-state index in [1.54, 1.807) is 19.1 Å². The molecule has 2 nitrogen and oxygen atoms in total.